The number of fused-ring (bicyclic) bond motifs is 1. The molecule has 0 amide bonds. The summed E-state index contributed by atoms with van der Waals surface area (Å²) < 4.78 is 33.7. The van der Waals surface area contributed by atoms with Crippen LogP contribution in [0.2, 0.25) is 0 Å². The van der Waals surface area contributed by atoms with Crippen LogP contribution in [-0.4, -0.2) is 18.7 Å². The highest BCUT2D eigenvalue weighted by molar-refractivity contribution is 5.40. The van der Waals surface area contributed by atoms with E-state index in [2.05, 4.69) is 5.32 Å². The first-order chi connectivity index (χ1) is 7.61. The van der Waals surface area contributed by atoms with Gasteiger partial charge in [-0.05, 0) is 18.7 Å². The Labute approximate surface area is 92.6 Å². The van der Waals surface area contributed by atoms with E-state index in [0.29, 0.717) is 18.7 Å². The SMILES string of the molecule is FC1(F)C[C@]2(CCNC2)Oc2ccccc21. The van der Waals surface area contributed by atoms with E-state index in [1.165, 1.54) is 6.07 Å². The molecule has 0 radical (unpaired) electrons. The first kappa shape index (κ1) is 10.0. The van der Waals surface area contributed by atoms with Crippen molar-refractivity contribution in [3.8, 4) is 5.75 Å². The zero-order valence-corrected chi connectivity index (χ0v) is 8.80. The largest absolute Gasteiger partial charge is 0.485 e. The first-order valence-corrected chi connectivity index (χ1v) is 5.48. The van der Waals surface area contributed by atoms with Crippen LogP contribution >= 0.6 is 0 Å². The normalized spacial score (nSPS) is 31.1. The minimum atomic E-state index is -2.78. The Hall–Kier alpha value is -1.16. The summed E-state index contributed by atoms with van der Waals surface area (Å²) in [6, 6.07) is 6.43. The number of halogens is 2. The van der Waals surface area contributed by atoms with Gasteiger partial charge in [0.05, 0.1) is 12.0 Å². The first-order valence-electron chi connectivity index (χ1n) is 5.48. The maximum atomic E-state index is 14.0. The molecule has 2 aliphatic heterocycles. The molecule has 0 saturated carbocycles. The van der Waals surface area contributed by atoms with Gasteiger partial charge in [0.25, 0.3) is 5.92 Å². The summed E-state index contributed by atoms with van der Waals surface area (Å²) in [5.74, 6) is -2.44. The van der Waals surface area contributed by atoms with Gasteiger partial charge in [-0.15, -0.1) is 0 Å². The molecule has 0 bridgehead atoms. The van der Waals surface area contributed by atoms with Gasteiger partial charge < -0.3 is 10.1 Å². The van der Waals surface area contributed by atoms with Gasteiger partial charge in [0, 0.05) is 13.0 Å². The molecule has 1 spiro atoms. The molecule has 86 valence electrons. The van der Waals surface area contributed by atoms with Crippen molar-refractivity contribution in [3.63, 3.8) is 0 Å². The van der Waals surface area contributed by atoms with Gasteiger partial charge in [0.15, 0.2) is 0 Å². The van der Waals surface area contributed by atoms with Gasteiger partial charge in [0.1, 0.15) is 11.4 Å². The Morgan fingerprint density at radius 1 is 1.25 bits per heavy atom. The van der Waals surface area contributed by atoms with E-state index < -0.39 is 11.5 Å². The number of nitrogens with one attached hydrogen (secondary N) is 1. The smallest absolute Gasteiger partial charge is 0.280 e. The standard InChI is InChI=1S/C12H13F2NO/c13-12(14)7-11(5-6-15-8-11)16-10-4-2-1-3-9(10)12/h1-4,15H,5-8H2/t11-/m0/s1. The molecule has 1 saturated heterocycles. The molecular weight excluding hydrogens is 212 g/mol. The molecular formula is C12H13F2NO. The zero-order chi connectivity index (χ0) is 11.2. The van der Waals surface area contributed by atoms with Crippen molar-refractivity contribution >= 4 is 0 Å². The Morgan fingerprint density at radius 3 is 2.81 bits per heavy atom. The maximum Gasteiger partial charge on any atom is 0.280 e. The molecule has 1 fully saturated rings. The number of ether oxygens (including phenoxy) is 1. The molecule has 1 aromatic rings. The van der Waals surface area contributed by atoms with E-state index in [0.717, 1.165) is 6.54 Å². The Morgan fingerprint density at radius 2 is 2.06 bits per heavy atom. The average Bonchev–Trinajstić information content (AvgIpc) is 2.65. The predicted molar refractivity (Wildman–Crippen MR) is 55.8 cm³/mol. The van der Waals surface area contributed by atoms with Crippen molar-refractivity contribution in [2.24, 2.45) is 0 Å². The van der Waals surface area contributed by atoms with E-state index in [1.54, 1.807) is 18.2 Å². The van der Waals surface area contributed by atoms with Crippen LogP contribution in [0.25, 0.3) is 0 Å². The summed E-state index contributed by atoms with van der Waals surface area (Å²) in [5.41, 5.74) is -0.690. The molecule has 3 rings (SSSR count). The van der Waals surface area contributed by atoms with Crippen molar-refractivity contribution in [1.82, 2.24) is 5.32 Å². The monoisotopic (exact) mass is 225 g/mol. The van der Waals surface area contributed by atoms with Crippen LogP contribution in [0.15, 0.2) is 24.3 Å². The lowest BCUT2D eigenvalue weighted by molar-refractivity contribution is -0.0990. The summed E-state index contributed by atoms with van der Waals surface area (Å²) in [6.45, 7) is 1.26. The zero-order valence-electron chi connectivity index (χ0n) is 8.80. The van der Waals surface area contributed by atoms with Crippen molar-refractivity contribution in [3.05, 3.63) is 29.8 Å². The Balaban J connectivity index is 2.06. The van der Waals surface area contributed by atoms with Crippen LogP contribution in [0, 0.1) is 0 Å². The summed E-state index contributed by atoms with van der Waals surface area (Å²) >= 11 is 0. The molecule has 0 unspecified atom stereocenters. The molecule has 1 N–H and O–H groups in total. The third kappa shape index (κ3) is 1.40. The van der Waals surface area contributed by atoms with E-state index in [9.17, 15) is 8.78 Å². The van der Waals surface area contributed by atoms with Crippen LogP contribution in [-0.2, 0) is 5.92 Å². The Bertz CT molecular complexity index is 413. The summed E-state index contributed by atoms with van der Waals surface area (Å²) in [7, 11) is 0. The third-order valence-electron chi connectivity index (χ3n) is 3.36. The van der Waals surface area contributed by atoms with Gasteiger partial charge in [0.2, 0.25) is 0 Å². The fraction of sp³-hybridized carbons (Fsp3) is 0.500. The highest BCUT2D eigenvalue weighted by Gasteiger charge is 2.51. The molecule has 1 aromatic carbocycles. The van der Waals surface area contributed by atoms with E-state index >= 15 is 0 Å². The van der Waals surface area contributed by atoms with Crippen molar-refractivity contribution in [2.75, 3.05) is 13.1 Å². The average molecular weight is 225 g/mol. The number of benzene rings is 1. The second kappa shape index (κ2) is 3.17. The fourth-order valence-electron chi connectivity index (χ4n) is 2.59. The molecule has 2 nitrogen and oxygen atoms in total. The lowest BCUT2D eigenvalue weighted by Crippen LogP contribution is -2.46. The minimum Gasteiger partial charge on any atom is -0.485 e. The lowest BCUT2D eigenvalue weighted by atomic mass is 9.87. The van der Waals surface area contributed by atoms with Gasteiger partial charge in [-0.25, -0.2) is 8.78 Å². The summed E-state index contributed by atoms with van der Waals surface area (Å²) in [6.07, 6.45) is 0.431. The molecule has 1 atom stereocenters. The topological polar surface area (TPSA) is 21.3 Å². The van der Waals surface area contributed by atoms with Crippen molar-refractivity contribution < 1.29 is 13.5 Å². The van der Waals surface area contributed by atoms with E-state index in [4.69, 9.17) is 4.74 Å². The van der Waals surface area contributed by atoms with Gasteiger partial charge >= 0.3 is 0 Å². The fourth-order valence-corrected chi connectivity index (χ4v) is 2.59. The number of alkyl halides is 2. The molecule has 0 aromatic heterocycles. The molecule has 2 heterocycles. The van der Waals surface area contributed by atoms with Crippen LogP contribution in [0.5, 0.6) is 5.75 Å². The van der Waals surface area contributed by atoms with Gasteiger partial charge in [-0.3, -0.25) is 0 Å². The maximum absolute atomic E-state index is 14.0. The summed E-state index contributed by atoms with van der Waals surface area (Å²) in [4.78, 5) is 0. The van der Waals surface area contributed by atoms with Crippen molar-refractivity contribution in [1.29, 1.82) is 0 Å². The van der Waals surface area contributed by atoms with Crippen LogP contribution < -0.4 is 10.1 Å². The summed E-state index contributed by atoms with van der Waals surface area (Å²) in [5, 5.41) is 3.09. The van der Waals surface area contributed by atoms with Crippen LogP contribution in [0.3, 0.4) is 0 Å². The van der Waals surface area contributed by atoms with Crippen molar-refractivity contribution in [2.45, 2.75) is 24.4 Å². The molecule has 2 aliphatic rings. The number of hydrogen-bond donors (Lipinski definition) is 1. The lowest BCUT2D eigenvalue weighted by Gasteiger charge is -2.39. The highest BCUT2D eigenvalue weighted by atomic mass is 19.3. The minimum absolute atomic E-state index is 0.0209. The molecule has 16 heavy (non-hydrogen) atoms. The predicted octanol–water partition coefficient (Wildman–Crippen LogP) is 2.29. The highest BCUT2D eigenvalue weighted by Crippen LogP contribution is 2.48. The number of hydrogen-bond acceptors (Lipinski definition) is 2. The molecule has 0 aliphatic carbocycles. The quantitative estimate of drug-likeness (QED) is 0.731. The second-order valence-electron chi connectivity index (χ2n) is 4.59. The number of rotatable bonds is 0. The number of para-hydroxylation sites is 1. The van der Waals surface area contributed by atoms with E-state index in [1.807, 2.05) is 0 Å². The van der Waals surface area contributed by atoms with Crippen LogP contribution in [0.4, 0.5) is 8.78 Å². The second-order valence-corrected chi connectivity index (χ2v) is 4.59. The van der Waals surface area contributed by atoms with Gasteiger partial charge in [-0.2, -0.15) is 0 Å². The van der Waals surface area contributed by atoms with E-state index in [-0.39, 0.29) is 12.0 Å². The van der Waals surface area contributed by atoms with Crippen LogP contribution in [0.1, 0.15) is 18.4 Å². The van der Waals surface area contributed by atoms with Gasteiger partial charge in [-0.1, -0.05) is 12.1 Å². The molecule has 4 heteroatoms. The Kier molecular flexibility index (Phi) is 1.98. The third-order valence-corrected chi connectivity index (χ3v) is 3.36.